The lowest BCUT2D eigenvalue weighted by Gasteiger charge is -2.29. The predicted molar refractivity (Wildman–Crippen MR) is 96.3 cm³/mol. The first-order valence-electron chi connectivity index (χ1n) is 8.37. The number of carbonyl (C=O) groups excluding carboxylic acids is 1. The molecule has 0 aliphatic carbocycles. The number of nitrogens with two attached hydrogens (primary N) is 1. The van der Waals surface area contributed by atoms with Crippen molar-refractivity contribution in [3.8, 4) is 5.75 Å². The van der Waals surface area contributed by atoms with Crippen LogP contribution >= 0.6 is 12.2 Å². The van der Waals surface area contributed by atoms with Gasteiger partial charge in [0.2, 0.25) is 5.91 Å². The van der Waals surface area contributed by atoms with E-state index in [1.54, 1.807) is 0 Å². The van der Waals surface area contributed by atoms with Crippen LogP contribution in [-0.2, 0) is 25.1 Å². The topological polar surface area (TPSA) is 78.3 Å². The van der Waals surface area contributed by atoms with Gasteiger partial charge in [0.1, 0.15) is 12.4 Å². The molecule has 0 saturated carbocycles. The first kappa shape index (κ1) is 17.6. The van der Waals surface area contributed by atoms with Crippen LogP contribution in [0.3, 0.4) is 0 Å². The van der Waals surface area contributed by atoms with Gasteiger partial charge in [-0.15, -0.1) is 0 Å². The molecule has 7 nitrogen and oxygen atoms in total. The fraction of sp³-hybridized carbons (Fsp3) is 0.471. The Morgan fingerprint density at radius 3 is 2.64 bits per heavy atom. The van der Waals surface area contributed by atoms with Gasteiger partial charge in [-0.25, -0.2) is 4.68 Å². The van der Waals surface area contributed by atoms with Gasteiger partial charge in [0, 0.05) is 26.1 Å². The van der Waals surface area contributed by atoms with Crippen LogP contribution in [0.15, 0.2) is 30.3 Å². The number of para-hydroxylation sites is 1. The lowest BCUT2D eigenvalue weighted by atomic mass is 9.97. The van der Waals surface area contributed by atoms with Crippen molar-refractivity contribution in [2.45, 2.75) is 26.1 Å². The van der Waals surface area contributed by atoms with E-state index >= 15 is 0 Å². The molecule has 0 unspecified atom stereocenters. The Morgan fingerprint density at radius 2 is 2.00 bits per heavy atom. The van der Waals surface area contributed by atoms with E-state index in [0.717, 1.165) is 37.5 Å². The summed E-state index contributed by atoms with van der Waals surface area (Å²) < 4.78 is 10.1. The van der Waals surface area contributed by atoms with Crippen LogP contribution in [0.1, 0.15) is 18.7 Å². The van der Waals surface area contributed by atoms with Gasteiger partial charge in [-0.3, -0.25) is 9.69 Å². The molecular formula is C17H23N5O2S. The third-order valence-electron chi connectivity index (χ3n) is 4.57. The van der Waals surface area contributed by atoms with Crippen LogP contribution in [-0.4, -0.2) is 38.2 Å². The van der Waals surface area contributed by atoms with Crippen molar-refractivity contribution in [3.05, 3.63) is 40.9 Å². The van der Waals surface area contributed by atoms with Crippen molar-refractivity contribution in [1.29, 1.82) is 0 Å². The molecule has 1 amide bonds. The van der Waals surface area contributed by atoms with Crippen LogP contribution in [0.4, 0.5) is 0 Å². The molecule has 2 N–H and O–H groups in total. The first-order valence-corrected chi connectivity index (χ1v) is 8.77. The van der Waals surface area contributed by atoms with Gasteiger partial charge in [-0.1, -0.05) is 18.2 Å². The highest BCUT2D eigenvalue weighted by atomic mass is 32.1. The average Bonchev–Trinajstić information content (AvgIpc) is 2.89. The quantitative estimate of drug-likeness (QED) is 0.792. The Balaban J connectivity index is 1.61. The molecule has 1 fully saturated rings. The summed E-state index contributed by atoms with van der Waals surface area (Å²) in [5.41, 5.74) is 5.38. The van der Waals surface area contributed by atoms with Gasteiger partial charge in [-0.2, -0.15) is 5.10 Å². The second-order valence-corrected chi connectivity index (χ2v) is 6.66. The van der Waals surface area contributed by atoms with Crippen molar-refractivity contribution < 1.29 is 9.53 Å². The molecule has 0 bridgehead atoms. The first-order chi connectivity index (χ1) is 12.0. The van der Waals surface area contributed by atoms with E-state index in [-0.39, 0.29) is 11.8 Å². The molecule has 1 aliphatic heterocycles. The van der Waals surface area contributed by atoms with Gasteiger partial charge in [0.25, 0.3) is 0 Å². The number of primary amides is 1. The minimum atomic E-state index is -0.200. The summed E-state index contributed by atoms with van der Waals surface area (Å²) in [4.78, 5) is 13.5. The summed E-state index contributed by atoms with van der Waals surface area (Å²) in [5, 5.41) is 4.59. The molecule has 134 valence electrons. The second-order valence-electron chi connectivity index (χ2n) is 6.30. The Hall–Kier alpha value is -2.19. The second kappa shape index (κ2) is 7.79. The van der Waals surface area contributed by atoms with Crippen molar-refractivity contribution in [1.82, 2.24) is 19.2 Å². The maximum absolute atomic E-state index is 11.3. The number of ether oxygens (including phenoxy) is 1. The van der Waals surface area contributed by atoms with Crippen molar-refractivity contribution in [3.63, 3.8) is 0 Å². The van der Waals surface area contributed by atoms with E-state index in [9.17, 15) is 4.79 Å². The van der Waals surface area contributed by atoms with E-state index in [4.69, 9.17) is 22.7 Å². The Labute approximate surface area is 152 Å². The van der Waals surface area contributed by atoms with E-state index < -0.39 is 0 Å². The van der Waals surface area contributed by atoms with Gasteiger partial charge in [0.15, 0.2) is 10.6 Å². The summed E-state index contributed by atoms with van der Waals surface area (Å²) in [5.74, 6) is 1.37. The maximum Gasteiger partial charge on any atom is 0.220 e. The number of piperidine rings is 1. The monoisotopic (exact) mass is 361 g/mol. The maximum atomic E-state index is 11.3. The van der Waals surface area contributed by atoms with E-state index in [1.807, 2.05) is 46.6 Å². The highest BCUT2D eigenvalue weighted by Crippen LogP contribution is 2.17. The molecule has 0 spiro atoms. The smallest absolute Gasteiger partial charge is 0.220 e. The molecule has 25 heavy (non-hydrogen) atoms. The molecule has 1 aromatic heterocycles. The lowest BCUT2D eigenvalue weighted by Crippen LogP contribution is -2.39. The highest BCUT2D eigenvalue weighted by Gasteiger charge is 2.23. The normalized spacial score (nSPS) is 16.0. The van der Waals surface area contributed by atoms with Crippen molar-refractivity contribution in [2.24, 2.45) is 18.7 Å². The standard InChI is InChI=1S/C17H23N5O2S/c1-20-15(11-24-14-5-3-2-4-6-14)19-22(17(20)25)12-21-9-7-13(8-10-21)16(18)23/h2-6,13H,7-12H2,1H3,(H2,18,23). The van der Waals surface area contributed by atoms with Crippen molar-refractivity contribution in [2.75, 3.05) is 13.1 Å². The molecule has 1 aliphatic rings. The van der Waals surface area contributed by atoms with Crippen LogP contribution in [0.5, 0.6) is 5.75 Å². The molecule has 1 saturated heterocycles. The molecule has 0 radical (unpaired) electrons. The largest absolute Gasteiger partial charge is 0.486 e. The SMILES string of the molecule is Cn1c(COc2ccccc2)nn(CN2CCC(C(N)=O)CC2)c1=S. The van der Waals surface area contributed by atoms with Crippen LogP contribution in [0, 0.1) is 10.7 Å². The van der Waals surface area contributed by atoms with Crippen LogP contribution in [0.25, 0.3) is 0 Å². The number of likely N-dealkylation sites (tertiary alicyclic amines) is 1. The van der Waals surface area contributed by atoms with E-state index in [2.05, 4.69) is 10.00 Å². The number of aromatic nitrogens is 3. The molecule has 3 rings (SSSR count). The Bertz CT molecular complexity index is 778. The van der Waals surface area contributed by atoms with Crippen LogP contribution in [0.2, 0.25) is 0 Å². The number of benzene rings is 1. The molecular weight excluding hydrogens is 338 g/mol. The minimum absolute atomic E-state index is 0.0113. The fourth-order valence-electron chi connectivity index (χ4n) is 2.96. The highest BCUT2D eigenvalue weighted by molar-refractivity contribution is 7.71. The molecule has 2 heterocycles. The third-order valence-corrected chi connectivity index (χ3v) is 5.05. The Kier molecular flexibility index (Phi) is 5.50. The number of hydrogen-bond acceptors (Lipinski definition) is 5. The van der Waals surface area contributed by atoms with E-state index in [0.29, 0.717) is 18.0 Å². The molecule has 2 aromatic rings. The number of amides is 1. The Morgan fingerprint density at radius 1 is 1.32 bits per heavy atom. The summed E-state index contributed by atoms with van der Waals surface area (Å²) in [6.07, 6.45) is 1.58. The summed E-state index contributed by atoms with van der Waals surface area (Å²) in [7, 11) is 1.90. The molecule has 0 atom stereocenters. The van der Waals surface area contributed by atoms with Gasteiger partial charge < -0.3 is 15.0 Å². The zero-order valence-corrected chi connectivity index (χ0v) is 15.1. The van der Waals surface area contributed by atoms with Crippen LogP contribution < -0.4 is 10.5 Å². The average molecular weight is 361 g/mol. The number of rotatable bonds is 6. The summed E-state index contributed by atoms with van der Waals surface area (Å²) in [6.45, 7) is 2.62. The number of hydrogen-bond donors (Lipinski definition) is 1. The zero-order valence-electron chi connectivity index (χ0n) is 14.3. The van der Waals surface area contributed by atoms with Gasteiger partial charge >= 0.3 is 0 Å². The number of carbonyl (C=O) groups is 1. The molecule has 8 heteroatoms. The predicted octanol–water partition coefficient (Wildman–Crippen LogP) is 1.68. The summed E-state index contributed by atoms with van der Waals surface area (Å²) in [6, 6.07) is 9.64. The van der Waals surface area contributed by atoms with E-state index in [1.165, 1.54) is 0 Å². The van der Waals surface area contributed by atoms with Gasteiger partial charge in [-0.05, 0) is 37.2 Å². The van der Waals surface area contributed by atoms with Crippen molar-refractivity contribution >= 4 is 18.1 Å². The minimum Gasteiger partial charge on any atom is -0.486 e. The fourth-order valence-corrected chi connectivity index (χ4v) is 3.17. The lowest BCUT2D eigenvalue weighted by molar-refractivity contribution is -0.123. The molecule has 1 aromatic carbocycles. The zero-order chi connectivity index (χ0) is 17.8. The summed E-state index contributed by atoms with van der Waals surface area (Å²) >= 11 is 5.49. The van der Waals surface area contributed by atoms with Gasteiger partial charge in [0.05, 0.1) is 6.67 Å². The number of nitrogens with zero attached hydrogens (tertiary/aromatic N) is 4. The third kappa shape index (κ3) is 4.26.